The number of rotatable bonds is 4. The average molecular weight is 257 g/mol. The average Bonchev–Trinajstić information content (AvgIpc) is 2.18. The van der Waals surface area contributed by atoms with Gasteiger partial charge in [0, 0.05) is 24.6 Å². The predicted molar refractivity (Wildman–Crippen MR) is 50.6 cm³/mol. The maximum absolute atomic E-state index is 11.1. The van der Waals surface area contributed by atoms with Gasteiger partial charge in [0.25, 0.3) is 0 Å². The molecule has 0 amide bonds. The summed E-state index contributed by atoms with van der Waals surface area (Å²) in [5.74, 6) is -0.674. The minimum Gasteiger partial charge on any atom is -0.547 e. The number of hydroxylamine groups is 2. The van der Waals surface area contributed by atoms with E-state index in [2.05, 4.69) is 0 Å². The molecule has 1 unspecified atom stereocenters. The molecule has 8 heteroatoms. The zero-order valence-electron chi connectivity index (χ0n) is 9.05. The molecule has 0 aromatic rings. The summed E-state index contributed by atoms with van der Waals surface area (Å²) < 4.78 is 0. The molecule has 0 saturated carbocycles. The number of carbonyl (C=O) groups is 2. The van der Waals surface area contributed by atoms with Crippen LogP contribution in [0.1, 0.15) is 6.42 Å². The van der Waals surface area contributed by atoms with Crippen LogP contribution in [0.5, 0.6) is 0 Å². The molecule has 1 aliphatic heterocycles. The molecule has 1 saturated heterocycles. The molecular formula is C8H12NNaO5S. The molecule has 1 atom stereocenters. The first-order valence-electron chi connectivity index (χ1n) is 4.52. The second-order valence-electron chi connectivity index (χ2n) is 3.04. The van der Waals surface area contributed by atoms with E-state index in [-0.39, 0.29) is 29.6 Å². The molecule has 16 heavy (non-hydrogen) atoms. The number of carboxylic acid groups (broad SMARTS) is 1. The van der Waals surface area contributed by atoms with Crippen LogP contribution < -0.4 is 34.7 Å². The fraction of sp³-hybridized carbons (Fsp3) is 0.750. The van der Waals surface area contributed by atoms with E-state index in [9.17, 15) is 14.7 Å². The Hall–Kier alpha value is 0.210. The van der Waals surface area contributed by atoms with Gasteiger partial charge in [-0.2, -0.15) is 11.8 Å². The van der Waals surface area contributed by atoms with Crippen molar-refractivity contribution in [2.24, 2.45) is 0 Å². The molecule has 1 heterocycles. The van der Waals surface area contributed by atoms with Gasteiger partial charge >= 0.3 is 35.5 Å². The van der Waals surface area contributed by atoms with Crippen LogP contribution in [0, 0.1) is 0 Å². The Kier molecular flexibility index (Phi) is 8.43. The van der Waals surface area contributed by atoms with Gasteiger partial charge in [0.1, 0.15) is 6.10 Å². The molecule has 6 nitrogen and oxygen atoms in total. The summed E-state index contributed by atoms with van der Waals surface area (Å²) in [5.41, 5.74) is 0. The molecule has 1 N–H and O–H groups in total. The zero-order chi connectivity index (χ0) is 11.3. The number of thioether (sulfide) groups is 1. The molecular weight excluding hydrogens is 245 g/mol. The van der Waals surface area contributed by atoms with Crippen molar-refractivity contribution in [3.63, 3.8) is 0 Å². The van der Waals surface area contributed by atoms with Crippen LogP contribution in [0.25, 0.3) is 0 Å². The van der Waals surface area contributed by atoms with Gasteiger partial charge in [-0.25, -0.2) is 0 Å². The van der Waals surface area contributed by atoms with E-state index < -0.39 is 24.5 Å². The van der Waals surface area contributed by atoms with E-state index in [1.807, 2.05) is 0 Å². The van der Waals surface area contributed by atoms with Crippen molar-refractivity contribution < 1.29 is 54.2 Å². The predicted octanol–water partition coefficient (Wildman–Crippen LogP) is -5.00. The van der Waals surface area contributed by atoms with Crippen LogP contribution in [-0.2, 0) is 14.4 Å². The molecule has 0 aromatic carbocycles. The largest absolute Gasteiger partial charge is 1.00 e. The van der Waals surface area contributed by atoms with Crippen molar-refractivity contribution in [1.82, 2.24) is 5.06 Å². The molecule has 0 aliphatic carbocycles. The van der Waals surface area contributed by atoms with Crippen molar-refractivity contribution in [1.29, 1.82) is 0 Å². The van der Waals surface area contributed by atoms with Gasteiger partial charge < -0.3 is 19.8 Å². The summed E-state index contributed by atoms with van der Waals surface area (Å²) in [6.07, 6.45) is -2.37. The quantitative estimate of drug-likeness (QED) is 0.504. The van der Waals surface area contributed by atoms with Gasteiger partial charge in [-0.3, -0.25) is 4.79 Å². The fourth-order valence-electron chi connectivity index (χ4n) is 1.06. The van der Waals surface area contributed by atoms with Crippen LogP contribution in [0.4, 0.5) is 0 Å². The summed E-state index contributed by atoms with van der Waals surface area (Å²) in [5, 5.41) is 20.5. The Morgan fingerprint density at radius 1 is 1.44 bits per heavy atom. The minimum absolute atomic E-state index is 0. The first kappa shape index (κ1) is 16.2. The smallest absolute Gasteiger partial charge is 0.547 e. The number of carbonyl (C=O) groups excluding carboxylic acids is 2. The van der Waals surface area contributed by atoms with E-state index >= 15 is 0 Å². The Balaban J connectivity index is 0.00000225. The number of nitrogens with zero attached hydrogens (tertiary/aromatic N) is 1. The van der Waals surface area contributed by atoms with Crippen LogP contribution >= 0.6 is 11.8 Å². The van der Waals surface area contributed by atoms with E-state index in [0.717, 1.165) is 11.5 Å². The zero-order valence-corrected chi connectivity index (χ0v) is 11.9. The van der Waals surface area contributed by atoms with E-state index in [1.54, 1.807) is 11.8 Å². The summed E-state index contributed by atoms with van der Waals surface area (Å²) in [7, 11) is 0. The normalized spacial score (nSPS) is 18.3. The van der Waals surface area contributed by atoms with E-state index in [0.29, 0.717) is 13.1 Å². The molecule has 1 rings (SSSR count). The third-order valence-corrected chi connectivity index (χ3v) is 2.78. The molecule has 0 bridgehead atoms. The van der Waals surface area contributed by atoms with Crippen molar-refractivity contribution in [2.45, 2.75) is 12.5 Å². The number of aliphatic hydroxyl groups is 1. The topological polar surface area (TPSA) is 89.9 Å². The molecule has 0 spiro atoms. The SMILES string of the molecule is O=C(CC(O)C(=O)[O-])ON1CCSCC1.[Na+]. The van der Waals surface area contributed by atoms with Crippen molar-refractivity contribution in [3.8, 4) is 0 Å². The number of hydrogen-bond acceptors (Lipinski definition) is 7. The number of hydrogen-bond donors (Lipinski definition) is 1. The van der Waals surface area contributed by atoms with Crippen molar-refractivity contribution in [2.75, 3.05) is 24.6 Å². The summed E-state index contributed by atoms with van der Waals surface area (Å²) in [6.45, 7) is 1.25. The monoisotopic (exact) mass is 257 g/mol. The second-order valence-corrected chi connectivity index (χ2v) is 4.27. The van der Waals surface area contributed by atoms with Gasteiger partial charge in [-0.05, 0) is 0 Å². The number of aliphatic carboxylic acids is 1. The Morgan fingerprint density at radius 3 is 2.50 bits per heavy atom. The van der Waals surface area contributed by atoms with Crippen LogP contribution in [0.3, 0.4) is 0 Å². The van der Waals surface area contributed by atoms with Crippen LogP contribution in [-0.4, -0.2) is 52.8 Å². The molecule has 1 aliphatic rings. The molecule has 86 valence electrons. The van der Waals surface area contributed by atoms with Gasteiger partial charge in [0.15, 0.2) is 0 Å². The van der Waals surface area contributed by atoms with Crippen molar-refractivity contribution in [3.05, 3.63) is 0 Å². The summed E-state index contributed by atoms with van der Waals surface area (Å²) in [6, 6.07) is 0. The van der Waals surface area contributed by atoms with Crippen LogP contribution in [0.2, 0.25) is 0 Å². The Morgan fingerprint density at radius 2 is 2.00 bits per heavy atom. The molecule has 0 aromatic heterocycles. The van der Waals surface area contributed by atoms with Gasteiger partial charge in [0.2, 0.25) is 0 Å². The third kappa shape index (κ3) is 6.07. The Bertz CT molecular complexity index is 247. The van der Waals surface area contributed by atoms with E-state index in [4.69, 9.17) is 9.94 Å². The third-order valence-electron chi connectivity index (χ3n) is 1.83. The standard InChI is InChI=1S/C8H13NO5S.Na/c10-6(8(12)13)5-7(11)14-9-1-3-15-4-2-9;/h6,10H,1-5H2,(H,12,13);/q;+1/p-1. The first-order valence-corrected chi connectivity index (χ1v) is 5.67. The number of aliphatic hydroxyl groups excluding tert-OH is 1. The van der Waals surface area contributed by atoms with Gasteiger partial charge in [-0.15, -0.1) is 5.06 Å². The van der Waals surface area contributed by atoms with Crippen LogP contribution in [0.15, 0.2) is 0 Å². The second kappa shape index (κ2) is 8.32. The minimum atomic E-state index is -1.79. The number of carboxylic acids is 1. The molecule has 1 fully saturated rings. The van der Waals surface area contributed by atoms with Gasteiger partial charge in [-0.1, -0.05) is 0 Å². The van der Waals surface area contributed by atoms with E-state index in [1.165, 1.54) is 5.06 Å². The maximum Gasteiger partial charge on any atom is 1.00 e. The van der Waals surface area contributed by atoms with Gasteiger partial charge in [0.05, 0.1) is 12.4 Å². The Labute approximate surface area is 120 Å². The fourth-order valence-corrected chi connectivity index (χ4v) is 1.93. The van der Waals surface area contributed by atoms with Crippen molar-refractivity contribution >= 4 is 23.7 Å². The maximum atomic E-state index is 11.1. The first-order chi connectivity index (χ1) is 7.09. The summed E-state index contributed by atoms with van der Waals surface area (Å²) >= 11 is 1.76. The summed E-state index contributed by atoms with van der Waals surface area (Å²) in [4.78, 5) is 26.1. The molecule has 0 radical (unpaired) electrons.